The van der Waals surface area contributed by atoms with Crippen LogP contribution in [0, 0.1) is 5.82 Å². The average Bonchev–Trinajstić information content (AvgIpc) is 2.66. The van der Waals surface area contributed by atoms with Gasteiger partial charge in [-0.2, -0.15) is 15.0 Å². The molecule has 28 heavy (non-hydrogen) atoms. The first-order valence-electron chi connectivity index (χ1n) is 8.05. The smallest absolute Gasteiger partial charge is 0.344 e. The van der Waals surface area contributed by atoms with Crippen molar-refractivity contribution in [2.45, 2.75) is 6.61 Å². The van der Waals surface area contributed by atoms with Gasteiger partial charge >= 0.3 is 5.97 Å². The number of nitrogens with one attached hydrogen (secondary N) is 1. The van der Waals surface area contributed by atoms with Crippen LogP contribution in [0.3, 0.4) is 0 Å². The van der Waals surface area contributed by atoms with E-state index in [0.29, 0.717) is 0 Å². The Labute approximate surface area is 164 Å². The fourth-order valence-corrected chi connectivity index (χ4v) is 2.35. The van der Waals surface area contributed by atoms with Gasteiger partial charge in [-0.3, -0.25) is 0 Å². The van der Waals surface area contributed by atoms with E-state index in [0.717, 1.165) is 11.8 Å². The van der Waals surface area contributed by atoms with Gasteiger partial charge in [-0.25, -0.2) is 9.18 Å². The summed E-state index contributed by atoms with van der Waals surface area (Å²) in [5.41, 5.74) is 6.43. The molecule has 0 bridgehead atoms. The van der Waals surface area contributed by atoms with Crippen molar-refractivity contribution in [2.75, 3.05) is 17.7 Å². The number of hydrogen-bond acceptors (Lipinski definition) is 8. The molecular weight excluding hydrogens is 389 g/mol. The standard InChI is InChI=1S/C18H15ClFN5O3/c19-13-8-11(20)6-7-14(13)27-10-16(26)28-9-15-23-17(21)25-18(24-15)22-12-4-2-1-3-5-12/h1-8H,9-10H2,(H3,21,22,23,24,25). The Bertz CT molecular complexity index is 975. The van der Waals surface area contributed by atoms with Crippen molar-refractivity contribution in [3.8, 4) is 5.75 Å². The quantitative estimate of drug-likeness (QED) is 0.578. The van der Waals surface area contributed by atoms with Gasteiger partial charge in [0.05, 0.1) is 5.02 Å². The topological polar surface area (TPSA) is 112 Å². The Morgan fingerprint density at radius 1 is 1.14 bits per heavy atom. The van der Waals surface area contributed by atoms with E-state index in [2.05, 4.69) is 20.3 Å². The van der Waals surface area contributed by atoms with Crippen molar-refractivity contribution in [1.82, 2.24) is 15.0 Å². The molecule has 0 saturated heterocycles. The maximum absolute atomic E-state index is 13.0. The molecule has 0 atom stereocenters. The van der Waals surface area contributed by atoms with Gasteiger partial charge in [0.25, 0.3) is 0 Å². The number of carbonyl (C=O) groups is 1. The first-order chi connectivity index (χ1) is 13.5. The predicted molar refractivity (Wildman–Crippen MR) is 101 cm³/mol. The molecule has 0 saturated carbocycles. The van der Waals surface area contributed by atoms with Crippen LogP contribution in [0.25, 0.3) is 0 Å². The number of rotatable bonds is 7. The minimum atomic E-state index is -0.683. The number of nitrogen functional groups attached to an aromatic ring is 1. The number of nitrogens with two attached hydrogens (primary N) is 1. The molecule has 1 aromatic heterocycles. The summed E-state index contributed by atoms with van der Waals surface area (Å²) in [7, 11) is 0. The Hall–Kier alpha value is -3.46. The minimum Gasteiger partial charge on any atom is -0.480 e. The van der Waals surface area contributed by atoms with Crippen molar-refractivity contribution in [3.63, 3.8) is 0 Å². The lowest BCUT2D eigenvalue weighted by atomic mass is 10.3. The summed E-state index contributed by atoms with van der Waals surface area (Å²) in [6.45, 7) is -0.642. The monoisotopic (exact) mass is 403 g/mol. The van der Waals surface area contributed by atoms with Crippen molar-refractivity contribution in [2.24, 2.45) is 0 Å². The number of carbonyl (C=O) groups excluding carboxylic acids is 1. The summed E-state index contributed by atoms with van der Waals surface area (Å²) >= 11 is 5.82. The maximum atomic E-state index is 13.0. The number of ether oxygens (including phenoxy) is 2. The van der Waals surface area contributed by atoms with Crippen LogP contribution in [0.5, 0.6) is 5.75 Å². The number of esters is 1. The molecule has 0 aliphatic carbocycles. The highest BCUT2D eigenvalue weighted by Gasteiger charge is 2.11. The molecule has 0 unspecified atom stereocenters. The number of hydrogen-bond donors (Lipinski definition) is 2. The van der Waals surface area contributed by atoms with E-state index in [-0.39, 0.29) is 35.1 Å². The first kappa shape index (κ1) is 19.3. The molecule has 144 valence electrons. The average molecular weight is 404 g/mol. The van der Waals surface area contributed by atoms with Gasteiger partial charge in [-0.15, -0.1) is 0 Å². The van der Waals surface area contributed by atoms with Gasteiger partial charge in [0, 0.05) is 5.69 Å². The van der Waals surface area contributed by atoms with E-state index in [9.17, 15) is 9.18 Å². The van der Waals surface area contributed by atoms with E-state index in [1.54, 1.807) is 0 Å². The molecular formula is C18H15ClFN5O3. The van der Waals surface area contributed by atoms with Crippen molar-refractivity contribution < 1.29 is 18.7 Å². The zero-order valence-electron chi connectivity index (χ0n) is 14.4. The van der Waals surface area contributed by atoms with Gasteiger partial charge in [0.2, 0.25) is 11.9 Å². The zero-order valence-corrected chi connectivity index (χ0v) is 15.2. The zero-order chi connectivity index (χ0) is 19.9. The third-order valence-electron chi connectivity index (χ3n) is 3.33. The van der Waals surface area contributed by atoms with E-state index in [1.807, 2.05) is 30.3 Å². The highest BCUT2D eigenvalue weighted by molar-refractivity contribution is 6.32. The van der Waals surface area contributed by atoms with E-state index < -0.39 is 18.4 Å². The van der Waals surface area contributed by atoms with Crippen LogP contribution < -0.4 is 15.8 Å². The van der Waals surface area contributed by atoms with E-state index in [1.165, 1.54) is 12.1 Å². The third kappa shape index (κ3) is 5.52. The molecule has 0 fully saturated rings. The fraction of sp³-hybridized carbons (Fsp3) is 0.111. The SMILES string of the molecule is Nc1nc(COC(=O)COc2ccc(F)cc2Cl)nc(Nc2ccccc2)n1. The second-order valence-corrected chi connectivity index (χ2v) is 5.86. The third-order valence-corrected chi connectivity index (χ3v) is 3.63. The fourth-order valence-electron chi connectivity index (χ4n) is 2.12. The van der Waals surface area contributed by atoms with Crippen LogP contribution in [0.1, 0.15) is 5.82 Å². The molecule has 8 nitrogen and oxygen atoms in total. The Morgan fingerprint density at radius 3 is 2.68 bits per heavy atom. The Kier molecular flexibility index (Phi) is 6.18. The van der Waals surface area contributed by atoms with Crippen molar-refractivity contribution >= 4 is 35.2 Å². The normalized spacial score (nSPS) is 10.4. The lowest BCUT2D eigenvalue weighted by Gasteiger charge is -2.09. The summed E-state index contributed by atoms with van der Waals surface area (Å²) in [6, 6.07) is 12.8. The number of aromatic nitrogens is 3. The van der Waals surface area contributed by atoms with Gasteiger partial charge in [0.15, 0.2) is 19.0 Å². The van der Waals surface area contributed by atoms with Gasteiger partial charge < -0.3 is 20.5 Å². The van der Waals surface area contributed by atoms with Crippen molar-refractivity contribution in [3.05, 3.63) is 65.2 Å². The molecule has 0 aliphatic heterocycles. The lowest BCUT2D eigenvalue weighted by molar-refractivity contribution is -0.147. The second-order valence-electron chi connectivity index (χ2n) is 5.45. The summed E-state index contributed by atoms with van der Waals surface area (Å²) in [5.74, 6) is -0.657. The molecule has 1 heterocycles. The van der Waals surface area contributed by atoms with E-state index in [4.69, 9.17) is 26.8 Å². The first-order valence-corrected chi connectivity index (χ1v) is 8.43. The molecule has 0 radical (unpaired) electrons. The predicted octanol–water partition coefficient (Wildman–Crippen LogP) is 3.11. The molecule has 0 aliphatic rings. The summed E-state index contributed by atoms with van der Waals surface area (Å²) in [5, 5.41) is 3.03. The van der Waals surface area contributed by atoms with Gasteiger partial charge in [-0.05, 0) is 30.3 Å². The molecule has 0 spiro atoms. The number of para-hydroxylation sites is 1. The Morgan fingerprint density at radius 2 is 1.93 bits per heavy atom. The summed E-state index contributed by atoms with van der Waals surface area (Å²) in [4.78, 5) is 23.9. The molecule has 0 amide bonds. The molecule has 2 aromatic carbocycles. The lowest BCUT2D eigenvalue weighted by Crippen LogP contribution is -2.16. The Balaban J connectivity index is 1.55. The number of nitrogens with zero attached hydrogens (tertiary/aromatic N) is 3. The highest BCUT2D eigenvalue weighted by Crippen LogP contribution is 2.24. The minimum absolute atomic E-state index is 0.0196. The molecule has 3 N–H and O–H groups in total. The van der Waals surface area contributed by atoms with Crippen LogP contribution >= 0.6 is 11.6 Å². The molecule has 3 aromatic rings. The summed E-state index contributed by atoms with van der Waals surface area (Å²) in [6.07, 6.45) is 0. The second kappa shape index (κ2) is 8.96. The number of benzene rings is 2. The number of anilines is 3. The van der Waals surface area contributed by atoms with Crippen LogP contribution in [-0.4, -0.2) is 27.5 Å². The van der Waals surface area contributed by atoms with Crippen LogP contribution in [0.4, 0.5) is 22.0 Å². The molecule has 3 rings (SSSR count). The van der Waals surface area contributed by atoms with E-state index >= 15 is 0 Å². The van der Waals surface area contributed by atoms with Gasteiger partial charge in [0.1, 0.15) is 11.6 Å². The highest BCUT2D eigenvalue weighted by atomic mass is 35.5. The largest absolute Gasteiger partial charge is 0.480 e. The summed E-state index contributed by atoms with van der Waals surface area (Å²) < 4.78 is 23.3. The molecule has 10 heteroatoms. The maximum Gasteiger partial charge on any atom is 0.344 e. The van der Waals surface area contributed by atoms with Crippen LogP contribution in [0.2, 0.25) is 5.02 Å². The van der Waals surface area contributed by atoms with Crippen LogP contribution in [-0.2, 0) is 16.1 Å². The van der Waals surface area contributed by atoms with Gasteiger partial charge in [-0.1, -0.05) is 29.8 Å². The van der Waals surface area contributed by atoms with Crippen molar-refractivity contribution in [1.29, 1.82) is 0 Å². The van der Waals surface area contributed by atoms with Crippen LogP contribution in [0.15, 0.2) is 48.5 Å². The number of halogens is 2.